The van der Waals surface area contributed by atoms with Crippen molar-refractivity contribution in [2.24, 2.45) is 0 Å². The van der Waals surface area contributed by atoms with Crippen LogP contribution in [-0.2, 0) is 16.8 Å². The van der Waals surface area contributed by atoms with Gasteiger partial charge in [-0.25, -0.2) is 0 Å². The molecule has 4 rings (SSSR count). The molecule has 0 radical (unpaired) electrons. The van der Waals surface area contributed by atoms with E-state index in [2.05, 4.69) is 61.3 Å². The van der Waals surface area contributed by atoms with Gasteiger partial charge in [-0.15, -0.1) is 0 Å². The monoisotopic (exact) mass is 394 g/mol. The molecule has 148 valence electrons. The summed E-state index contributed by atoms with van der Waals surface area (Å²) in [6, 6.07) is 12.8. The van der Waals surface area contributed by atoms with Crippen molar-refractivity contribution in [2.45, 2.75) is 45.6 Å². The van der Waals surface area contributed by atoms with Crippen molar-refractivity contribution in [1.29, 1.82) is 0 Å². The lowest BCUT2D eigenvalue weighted by atomic mass is 9.91. The van der Waals surface area contributed by atoms with E-state index in [4.69, 9.17) is 0 Å². The van der Waals surface area contributed by atoms with Crippen LogP contribution in [-0.4, -0.2) is 35.4 Å². The molecule has 1 amide bonds. The van der Waals surface area contributed by atoms with Crippen LogP contribution in [0.25, 0.3) is 0 Å². The molecule has 0 atom stereocenters. The molecule has 1 N–H and O–H groups in total. The first-order chi connectivity index (χ1) is 13.5. The Bertz CT molecular complexity index is 862. The summed E-state index contributed by atoms with van der Waals surface area (Å²) >= 11 is 2.04. The van der Waals surface area contributed by atoms with Gasteiger partial charge in [0.15, 0.2) is 0 Å². The molecule has 0 aromatic heterocycles. The Morgan fingerprint density at radius 3 is 2.39 bits per heavy atom. The quantitative estimate of drug-likeness (QED) is 0.788. The molecule has 0 unspecified atom stereocenters. The van der Waals surface area contributed by atoms with Crippen LogP contribution in [0, 0.1) is 20.8 Å². The van der Waals surface area contributed by atoms with Crippen molar-refractivity contribution in [3.63, 3.8) is 0 Å². The number of anilines is 1. The molecule has 28 heavy (non-hydrogen) atoms. The molecule has 2 aromatic rings. The van der Waals surface area contributed by atoms with E-state index in [1.165, 1.54) is 39.3 Å². The molecule has 3 nitrogen and oxygen atoms in total. The molecule has 0 spiro atoms. The van der Waals surface area contributed by atoms with Gasteiger partial charge in [0.25, 0.3) is 0 Å². The van der Waals surface area contributed by atoms with Gasteiger partial charge in [-0.3, -0.25) is 9.69 Å². The molecule has 1 aliphatic heterocycles. The zero-order chi connectivity index (χ0) is 19.7. The van der Waals surface area contributed by atoms with Crippen LogP contribution in [0.2, 0.25) is 0 Å². The van der Waals surface area contributed by atoms with Gasteiger partial charge in [0.2, 0.25) is 5.91 Å². The van der Waals surface area contributed by atoms with Crippen LogP contribution in [0.5, 0.6) is 0 Å². The molecular formula is C24H30N2OS. The molecular weight excluding hydrogens is 364 g/mol. The SMILES string of the molecule is Cc1cc(C)cc(C2(C(=O)Nc3cccc(CN4CCSCC4)c3C)CC2)c1. The first-order valence-corrected chi connectivity index (χ1v) is 11.4. The fourth-order valence-corrected chi connectivity index (χ4v) is 5.23. The highest BCUT2D eigenvalue weighted by Crippen LogP contribution is 2.49. The van der Waals surface area contributed by atoms with Crippen LogP contribution in [0.4, 0.5) is 5.69 Å². The van der Waals surface area contributed by atoms with Crippen molar-refractivity contribution in [3.8, 4) is 0 Å². The van der Waals surface area contributed by atoms with Gasteiger partial charge in [-0.1, -0.05) is 41.5 Å². The number of nitrogens with one attached hydrogen (secondary N) is 1. The van der Waals surface area contributed by atoms with Crippen molar-refractivity contribution in [2.75, 3.05) is 29.9 Å². The van der Waals surface area contributed by atoms with Crippen molar-refractivity contribution < 1.29 is 4.79 Å². The smallest absolute Gasteiger partial charge is 0.235 e. The van der Waals surface area contributed by atoms with E-state index in [9.17, 15) is 4.79 Å². The topological polar surface area (TPSA) is 32.3 Å². The third-order valence-electron chi connectivity index (χ3n) is 6.15. The van der Waals surface area contributed by atoms with Gasteiger partial charge < -0.3 is 5.32 Å². The highest BCUT2D eigenvalue weighted by molar-refractivity contribution is 7.99. The Morgan fingerprint density at radius 1 is 1.07 bits per heavy atom. The number of aryl methyl sites for hydroxylation is 2. The lowest BCUT2D eigenvalue weighted by Gasteiger charge is -2.27. The van der Waals surface area contributed by atoms with Crippen LogP contribution in [0.15, 0.2) is 36.4 Å². The normalized spacial score (nSPS) is 18.7. The van der Waals surface area contributed by atoms with E-state index in [0.717, 1.165) is 38.2 Å². The number of hydrogen-bond acceptors (Lipinski definition) is 3. The van der Waals surface area contributed by atoms with Crippen LogP contribution >= 0.6 is 11.8 Å². The number of nitrogens with zero attached hydrogens (tertiary/aromatic N) is 1. The molecule has 1 heterocycles. The summed E-state index contributed by atoms with van der Waals surface area (Å²) in [6.45, 7) is 9.62. The summed E-state index contributed by atoms with van der Waals surface area (Å²) in [6.07, 6.45) is 1.87. The molecule has 1 saturated carbocycles. The average Bonchev–Trinajstić information content (AvgIpc) is 3.47. The van der Waals surface area contributed by atoms with Gasteiger partial charge in [0.1, 0.15) is 0 Å². The van der Waals surface area contributed by atoms with Crippen molar-refractivity contribution in [1.82, 2.24) is 4.90 Å². The second-order valence-electron chi connectivity index (χ2n) is 8.39. The zero-order valence-electron chi connectivity index (χ0n) is 17.2. The Labute approximate surface area is 172 Å². The third kappa shape index (κ3) is 3.99. The summed E-state index contributed by atoms with van der Waals surface area (Å²) in [5.74, 6) is 2.58. The maximum atomic E-state index is 13.2. The molecule has 1 aliphatic carbocycles. The van der Waals surface area contributed by atoms with E-state index < -0.39 is 0 Å². The van der Waals surface area contributed by atoms with Gasteiger partial charge in [0, 0.05) is 36.8 Å². The van der Waals surface area contributed by atoms with Gasteiger partial charge in [0.05, 0.1) is 5.41 Å². The minimum absolute atomic E-state index is 0.145. The van der Waals surface area contributed by atoms with Gasteiger partial charge in [-0.2, -0.15) is 11.8 Å². The highest BCUT2D eigenvalue weighted by Gasteiger charge is 2.51. The number of benzene rings is 2. The van der Waals surface area contributed by atoms with E-state index >= 15 is 0 Å². The number of carbonyl (C=O) groups is 1. The Kier molecular flexibility index (Phi) is 5.52. The summed E-state index contributed by atoms with van der Waals surface area (Å²) in [5, 5.41) is 3.27. The van der Waals surface area contributed by atoms with Crippen LogP contribution in [0.1, 0.15) is 40.7 Å². The number of thioether (sulfide) groups is 1. The Hall–Kier alpha value is -1.78. The predicted molar refractivity (Wildman–Crippen MR) is 119 cm³/mol. The summed E-state index contributed by atoms with van der Waals surface area (Å²) in [4.78, 5) is 15.8. The number of rotatable bonds is 5. The van der Waals surface area contributed by atoms with E-state index in [1.807, 2.05) is 17.8 Å². The van der Waals surface area contributed by atoms with Crippen molar-refractivity contribution in [3.05, 3.63) is 64.2 Å². The number of amides is 1. The summed E-state index contributed by atoms with van der Waals surface area (Å²) in [5.41, 5.74) is 6.76. The Morgan fingerprint density at radius 2 is 1.75 bits per heavy atom. The second kappa shape index (κ2) is 7.92. The molecule has 1 saturated heterocycles. The highest BCUT2D eigenvalue weighted by atomic mass is 32.2. The van der Waals surface area contributed by atoms with E-state index in [0.29, 0.717) is 0 Å². The Balaban J connectivity index is 1.52. The molecule has 2 aliphatic rings. The molecule has 0 bridgehead atoms. The lowest BCUT2D eigenvalue weighted by Crippen LogP contribution is -2.32. The predicted octanol–water partition coefficient (Wildman–Crippen LogP) is 4.83. The first-order valence-electron chi connectivity index (χ1n) is 10.3. The molecule has 4 heteroatoms. The first kappa shape index (κ1) is 19.5. The van der Waals surface area contributed by atoms with Crippen molar-refractivity contribution >= 4 is 23.4 Å². The average molecular weight is 395 g/mol. The number of hydrogen-bond donors (Lipinski definition) is 1. The van der Waals surface area contributed by atoms with Gasteiger partial charge >= 0.3 is 0 Å². The molecule has 2 fully saturated rings. The molecule has 2 aromatic carbocycles. The summed E-state index contributed by atoms with van der Waals surface area (Å²) < 4.78 is 0. The minimum Gasteiger partial charge on any atom is -0.325 e. The maximum Gasteiger partial charge on any atom is 0.235 e. The number of carbonyl (C=O) groups excluding carboxylic acids is 1. The largest absolute Gasteiger partial charge is 0.325 e. The third-order valence-corrected chi connectivity index (χ3v) is 7.09. The maximum absolute atomic E-state index is 13.2. The zero-order valence-corrected chi connectivity index (χ0v) is 18.0. The lowest BCUT2D eigenvalue weighted by molar-refractivity contribution is -0.118. The fraction of sp³-hybridized carbons (Fsp3) is 0.458. The minimum atomic E-state index is -0.344. The van der Waals surface area contributed by atoms with E-state index in [-0.39, 0.29) is 11.3 Å². The van der Waals surface area contributed by atoms with Crippen LogP contribution in [0.3, 0.4) is 0 Å². The van der Waals surface area contributed by atoms with Gasteiger partial charge in [-0.05, 0) is 56.4 Å². The summed E-state index contributed by atoms with van der Waals surface area (Å²) in [7, 11) is 0. The van der Waals surface area contributed by atoms with E-state index in [1.54, 1.807) is 0 Å². The second-order valence-corrected chi connectivity index (χ2v) is 9.62. The standard InChI is InChI=1S/C24H30N2OS/c1-17-13-18(2)15-21(14-17)24(7-8-24)23(27)25-22-6-4-5-20(19(22)3)16-26-9-11-28-12-10-26/h4-6,13-15H,7-12,16H2,1-3H3,(H,25,27). The van der Waals surface area contributed by atoms with Crippen LogP contribution < -0.4 is 5.32 Å². The fourth-order valence-electron chi connectivity index (χ4n) is 4.26.